The van der Waals surface area contributed by atoms with Gasteiger partial charge in [0.15, 0.2) is 0 Å². The Bertz CT molecular complexity index is 373. The van der Waals surface area contributed by atoms with Crippen molar-refractivity contribution in [3.63, 3.8) is 0 Å². The molecule has 1 aromatic rings. The molecule has 0 bridgehead atoms. The lowest BCUT2D eigenvalue weighted by atomic mass is 10.0. The highest BCUT2D eigenvalue weighted by Gasteiger charge is 2.21. The van der Waals surface area contributed by atoms with E-state index in [1.807, 2.05) is 6.07 Å². The maximum absolute atomic E-state index is 6.03. The molecule has 2 N–H and O–H groups in total. The number of rotatable bonds is 4. The zero-order chi connectivity index (χ0) is 12.3. The summed E-state index contributed by atoms with van der Waals surface area (Å²) in [6.45, 7) is 7.92. The third kappa shape index (κ3) is 3.22. The minimum Gasteiger partial charge on any atom is -0.398 e. The fourth-order valence-corrected chi connectivity index (χ4v) is 2.81. The smallest absolute Gasteiger partial charge is 0.0359 e. The Morgan fingerprint density at radius 2 is 2.24 bits per heavy atom. The van der Waals surface area contributed by atoms with Gasteiger partial charge in [-0.05, 0) is 43.9 Å². The molecule has 0 spiro atoms. The lowest BCUT2D eigenvalue weighted by Crippen LogP contribution is -2.20. The number of nitrogen functional groups attached to an aromatic ring is 1. The van der Waals surface area contributed by atoms with Crippen molar-refractivity contribution < 1.29 is 0 Å². The summed E-state index contributed by atoms with van der Waals surface area (Å²) in [6.07, 6.45) is 4.05. The van der Waals surface area contributed by atoms with Crippen LogP contribution in [0.1, 0.15) is 37.3 Å². The van der Waals surface area contributed by atoms with Crippen LogP contribution in [0.15, 0.2) is 18.2 Å². The number of hydrogen-bond acceptors (Lipinski definition) is 2. The average molecular weight is 232 g/mol. The summed E-state index contributed by atoms with van der Waals surface area (Å²) in [6, 6.07) is 6.34. The molecule has 1 aliphatic heterocycles. The van der Waals surface area contributed by atoms with Crippen LogP contribution in [0.5, 0.6) is 0 Å². The van der Waals surface area contributed by atoms with Crippen molar-refractivity contribution in [3.8, 4) is 0 Å². The molecule has 2 nitrogen and oxygen atoms in total. The van der Waals surface area contributed by atoms with Crippen LogP contribution in [0.4, 0.5) is 5.69 Å². The van der Waals surface area contributed by atoms with Crippen LogP contribution >= 0.6 is 0 Å². The highest BCUT2D eigenvalue weighted by Crippen LogP contribution is 2.24. The van der Waals surface area contributed by atoms with Gasteiger partial charge in [0.2, 0.25) is 0 Å². The quantitative estimate of drug-likeness (QED) is 0.808. The monoisotopic (exact) mass is 232 g/mol. The van der Waals surface area contributed by atoms with Gasteiger partial charge in [-0.2, -0.15) is 0 Å². The molecular weight excluding hydrogens is 208 g/mol. The Kier molecular flexibility index (Phi) is 4.06. The second-order valence-electron chi connectivity index (χ2n) is 5.38. The third-order valence-electron chi connectivity index (χ3n) is 3.76. The lowest BCUT2D eigenvalue weighted by molar-refractivity contribution is 0.313. The van der Waals surface area contributed by atoms with E-state index in [0.717, 1.165) is 18.2 Å². The summed E-state index contributed by atoms with van der Waals surface area (Å²) in [4.78, 5) is 2.55. The second kappa shape index (κ2) is 5.54. The van der Waals surface area contributed by atoms with Crippen LogP contribution in [0.25, 0.3) is 0 Å². The molecule has 2 heteroatoms. The van der Waals surface area contributed by atoms with E-state index >= 15 is 0 Å². The zero-order valence-corrected chi connectivity index (χ0v) is 11.1. The van der Waals surface area contributed by atoms with Crippen LogP contribution in [0.3, 0.4) is 0 Å². The molecule has 0 aliphatic carbocycles. The molecule has 1 atom stereocenters. The van der Waals surface area contributed by atoms with Gasteiger partial charge in [0.05, 0.1) is 0 Å². The van der Waals surface area contributed by atoms with Crippen LogP contribution in [-0.4, -0.2) is 18.0 Å². The van der Waals surface area contributed by atoms with Gasteiger partial charge in [-0.3, -0.25) is 4.90 Å². The minimum atomic E-state index is 0.908. The summed E-state index contributed by atoms with van der Waals surface area (Å²) < 4.78 is 0. The molecule has 0 radical (unpaired) electrons. The SMILES string of the molecule is CCCC1CCN(Cc2cc(C)ccc2N)C1. The first-order valence-corrected chi connectivity index (χ1v) is 6.76. The molecule has 17 heavy (non-hydrogen) atoms. The highest BCUT2D eigenvalue weighted by molar-refractivity contribution is 5.48. The van der Waals surface area contributed by atoms with E-state index in [2.05, 4.69) is 30.9 Å². The number of benzene rings is 1. The van der Waals surface area contributed by atoms with Gasteiger partial charge in [-0.1, -0.05) is 31.0 Å². The Morgan fingerprint density at radius 1 is 1.41 bits per heavy atom. The van der Waals surface area contributed by atoms with E-state index < -0.39 is 0 Å². The normalized spacial score (nSPS) is 20.9. The van der Waals surface area contributed by atoms with Crippen molar-refractivity contribution in [2.24, 2.45) is 5.92 Å². The molecular formula is C15H24N2. The molecule has 1 aromatic carbocycles. The topological polar surface area (TPSA) is 29.3 Å². The molecule has 1 unspecified atom stereocenters. The van der Waals surface area contributed by atoms with Crippen molar-refractivity contribution in [2.45, 2.75) is 39.7 Å². The first-order valence-electron chi connectivity index (χ1n) is 6.76. The Labute approximate surface area is 105 Å². The number of likely N-dealkylation sites (tertiary alicyclic amines) is 1. The van der Waals surface area contributed by atoms with E-state index in [9.17, 15) is 0 Å². The third-order valence-corrected chi connectivity index (χ3v) is 3.76. The molecule has 0 amide bonds. The lowest BCUT2D eigenvalue weighted by Gasteiger charge is -2.17. The average Bonchev–Trinajstić information content (AvgIpc) is 2.72. The van der Waals surface area contributed by atoms with Crippen LogP contribution in [-0.2, 0) is 6.54 Å². The van der Waals surface area contributed by atoms with E-state index in [4.69, 9.17) is 5.73 Å². The molecule has 1 heterocycles. The van der Waals surface area contributed by atoms with Gasteiger partial charge in [-0.25, -0.2) is 0 Å². The Hall–Kier alpha value is -1.02. The van der Waals surface area contributed by atoms with Crippen molar-refractivity contribution in [2.75, 3.05) is 18.8 Å². The second-order valence-corrected chi connectivity index (χ2v) is 5.38. The molecule has 94 valence electrons. The summed E-state index contributed by atoms with van der Waals surface area (Å²) in [7, 11) is 0. The number of hydrogen-bond donors (Lipinski definition) is 1. The molecule has 1 fully saturated rings. The number of nitrogens with zero attached hydrogens (tertiary/aromatic N) is 1. The van der Waals surface area contributed by atoms with Gasteiger partial charge in [0.1, 0.15) is 0 Å². The summed E-state index contributed by atoms with van der Waals surface area (Å²) >= 11 is 0. The van der Waals surface area contributed by atoms with Gasteiger partial charge in [-0.15, -0.1) is 0 Å². The van der Waals surface area contributed by atoms with Gasteiger partial charge in [0.25, 0.3) is 0 Å². The van der Waals surface area contributed by atoms with Gasteiger partial charge >= 0.3 is 0 Å². The van der Waals surface area contributed by atoms with E-state index in [-0.39, 0.29) is 0 Å². The predicted molar refractivity (Wildman–Crippen MR) is 73.9 cm³/mol. The summed E-state index contributed by atoms with van der Waals surface area (Å²) in [5, 5.41) is 0. The van der Waals surface area contributed by atoms with Crippen molar-refractivity contribution in [3.05, 3.63) is 29.3 Å². The van der Waals surface area contributed by atoms with Crippen LogP contribution < -0.4 is 5.73 Å². The van der Waals surface area contributed by atoms with Crippen molar-refractivity contribution in [1.82, 2.24) is 4.90 Å². The maximum Gasteiger partial charge on any atom is 0.0359 e. The van der Waals surface area contributed by atoms with E-state index in [1.165, 1.54) is 43.5 Å². The Morgan fingerprint density at radius 3 is 3.00 bits per heavy atom. The molecule has 2 rings (SSSR count). The van der Waals surface area contributed by atoms with Crippen LogP contribution in [0, 0.1) is 12.8 Å². The largest absolute Gasteiger partial charge is 0.398 e. The van der Waals surface area contributed by atoms with E-state index in [0.29, 0.717) is 0 Å². The number of nitrogens with two attached hydrogens (primary N) is 1. The molecule has 1 saturated heterocycles. The van der Waals surface area contributed by atoms with E-state index in [1.54, 1.807) is 0 Å². The summed E-state index contributed by atoms with van der Waals surface area (Å²) in [5.41, 5.74) is 9.57. The first kappa shape index (κ1) is 12.4. The number of anilines is 1. The molecule has 1 aliphatic rings. The predicted octanol–water partition coefficient (Wildman–Crippen LogP) is 3.20. The minimum absolute atomic E-state index is 0.908. The van der Waals surface area contributed by atoms with Gasteiger partial charge in [0, 0.05) is 18.8 Å². The van der Waals surface area contributed by atoms with Crippen molar-refractivity contribution in [1.29, 1.82) is 0 Å². The number of aryl methyl sites for hydroxylation is 1. The maximum atomic E-state index is 6.03. The summed E-state index contributed by atoms with van der Waals surface area (Å²) in [5.74, 6) is 0.908. The molecule has 0 aromatic heterocycles. The fraction of sp³-hybridized carbons (Fsp3) is 0.600. The van der Waals surface area contributed by atoms with Crippen molar-refractivity contribution >= 4 is 5.69 Å². The first-order chi connectivity index (χ1) is 8.19. The molecule has 0 saturated carbocycles. The van der Waals surface area contributed by atoms with Gasteiger partial charge < -0.3 is 5.73 Å². The zero-order valence-electron chi connectivity index (χ0n) is 11.1. The Balaban J connectivity index is 1.95. The highest BCUT2D eigenvalue weighted by atomic mass is 15.1. The standard InChI is InChI=1S/C15H24N2/c1-3-4-13-7-8-17(10-13)11-14-9-12(2)5-6-15(14)16/h5-6,9,13H,3-4,7-8,10-11,16H2,1-2H3. The van der Waals surface area contributed by atoms with Crippen LogP contribution in [0.2, 0.25) is 0 Å². The fourth-order valence-electron chi connectivity index (χ4n) is 2.81.